The largest absolute Gasteiger partial charge is 0.485 e. The van der Waals surface area contributed by atoms with E-state index in [0.717, 1.165) is 46.7 Å². The molecule has 2 aromatic rings. The predicted octanol–water partition coefficient (Wildman–Crippen LogP) is 4.83. The van der Waals surface area contributed by atoms with Crippen molar-refractivity contribution >= 4 is 16.9 Å². The number of carbonyl (C=O) groups is 1. The number of nitrogens with zero attached hydrogens (tertiary/aromatic N) is 2. The molecule has 0 saturated carbocycles. The van der Waals surface area contributed by atoms with Gasteiger partial charge in [0, 0.05) is 58.5 Å². The molecule has 3 heterocycles. The second-order valence-electron chi connectivity index (χ2n) is 9.99. The van der Waals surface area contributed by atoms with Crippen LogP contribution in [-0.4, -0.2) is 50.7 Å². The van der Waals surface area contributed by atoms with Gasteiger partial charge in [-0.15, -0.1) is 0 Å². The summed E-state index contributed by atoms with van der Waals surface area (Å²) in [5, 5.41) is 0. The van der Waals surface area contributed by atoms with Crippen LogP contribution in [0, 0.1) is 5.92 Å². The Labute approximate surface area is 192 Å². The van der Waals surface area contributed by atoms with Crippen LogP contribution in [0.5, 0.6) is 5.75 Å². The molecule has 1 saturated heterocycles. The van der Waals surface area contributed by atoms with Crippen LogP contribution in [0.15, 0.2) is 41.4 Å². The molecular weight excluding hydrogens is 424 g/mol. The molecule has 0 spiro atoms. The first-order valence-corrected chi connectivity index (χ1v) is 12.7. The van der Waals surface area contributed by atoms with Crippen molar-refractivity contribution in [3.8, 4) is 17.0 Å². The highest BCUT2D eigenvalue weighted by atomic mass is 32.2. The topological polar surface area (TPSA) is 68.7 Å². The number of piperidine rings is 1. The van der Waals surface area contributed by atoms with Gasteiger partial charge in [0.25, 0.3) is 0 Å². The van der Waals surface area contributed by atoms with Gasteiger partial charge in [-0.05, 0) is 58.7 Å². The van der Waals surface area contributed by atoms with Crippen LogP contribution in [0.2, 0.25) is 0 Å². The summed E-state index contributed by atoms with van der Waals surface area (Å²) in [5.41, 5.74) is 2.28. The van der Waals surface area contributed by atoms with Crippen molar-refractivity contribution in [1.29, 1.82) is 0 Å². The van der Waals surface area contributed by atoms with E-state index in [1.807, 2.05) is 51.2 Å². The van der Waals surface area contributed by atoms with Crippen LogP contribution in [0.3, 0.4) is 0 Å². The van der Waals surface area contributed by atoms with Crippen molar-refractivity contribution in [2.75, 3.05) is 19.3 Å². The Morgan fingerprint density at radius 2 is 1.88 bits per heavy atom. The van der Waals surface area contributed by atoms with Crippen molar-refractivity contribution < 1.29 is 18.5 Å². The Balaban J connectivity index is 1.42. The number of fused-ring (bicyclic) bond motifs is 1. The van der Waals surface area contributed by atoms with E-state index in [1.54, 1.807) is 11.2 Å². The monoisotopic (exact) mass is 456 g/mol. The molecule has 4 rings (SSSR count). The summed E-state index contributed by atoms with van der Waals surface area (Å²) in [6.07, 6.45) is 5.87. The maximum Gasteiger partial charge on any atom is 0.410 e. The average molecular weight is 457 g/mol. The summed E-state index contributed by atoms with van der Waals surface area (Å²) in [6.45, 7) is 9.22. The van der Waals surface area contributed by atoms with Gasteiger partial charge in [0.2, 0.25) is 0 Å². The minimum atomic E-state index is -0.990. The van der Waals surface area contributed by atoms with Crippen molar-refractivity contribution in [1.82, 2.24) is 9.88 Å². The maximum absolute atomic E-state index is 12.4. The van der Waals surface area contributed by atoms with E-state index in [1.165, 1.54) is 0 Å². The van der Waals surface area contributed by atoms with E-state index in [-0.39, 0.29) is 11.7 Å². The number of aromatic nitrogens is 1. The average Bonchev–Trinajstić information content (AvgIpc) is 3.09. The van der Waals surface area contributed by atoms with Gasteiger partial charge in [-0.25, -0.2) is 4.79 Å². The second kappa shape index (κ2) is 8.50. The van der Waals surface area contributed by atoms with Crippen molar-refractivity contribution in [2.24, 2.45) is 5.92 Å². The first kappa shape index (κ1) is 22.8. The number of hydrogen-bond donors (Lipinski definition) is 0. The lowest BCUT2D eigenvalue weighted by atomic mass is 9.79. The molecule has 172 valence electrons. The number of pyridine rings is 1. The molecule has 6 nitrogen and oxygen atoms in total. The van der Waals surface area contributed by atoms with Crippen LogP contribution >= 0.6 is 0 Å². The standard InChI is InChI=1S/C25H32N2O4S/c1-24(2,3)31-23(28)27-12-10-19(11-13-27)25(4)15-18-14-21(26-16-22(18)30-25)17-6-8-20(9-7-17)32(5)29/h6-9,14,16,19H,10-13,15H2,1-5H3/t25-,32?/m1/s1. The molecule has 2 aliphatic heterocycles. The van der Waals surface area contributed by atoms with Gasteiger partial charge in [-0.1, -0.05) is 12.1 Å². The molecule has 0 aliphatic carbocycles. The van der Waals surface area contributed by atoms with E-state index in [9.17, 15) is 9.00 Å². The molecule has 2 aliphatic rings. The number of benzene rings is 1. The molecule has 32 heavy (non-hydrogen) atoms. The van der Waals surface area contributed by atoms with E-state index in [2.05, 4.69) is 18.0 Å². The molecule has 1 aromatic heterocycles. The fourth-order valence-electron chi connectivity index (χ4n) is 4.58. The lowest BCUT2D eigenvalue weighted by molar-refractivity contribution is -0.00829. The van der Waals surface area contributed by atoms with Gasteiger partial charge in [0.15, 0.2) is 0 Å². The number of hydrogen-bond acceptors (Lipinski definition) is 5. The summed E-state index contributed by atoms with van der Waals surface area (Å²) in [6, 6.07) is 9.81. The highest BCUT2D eigenvalue weighted by Gasteiger charge is 2.44. The SMILES string of the molecule is CS(=O)c1ccc(-c2cc3c(cn2)O[C@@](C)(C2CCN(C(=O)OC(C)(C)C)CC2)C3)cc1. The van der Waals surface area contributed by atoms with Crippen molar-refractivity contribution in [2.45, 2.75) is 63.1 Å². The van der Waals surface area contributed by atoms with E-state index < -0.39 is 16.4 Å². The van der Waals surface area contributed by atoms with Gasteiger partial charge >= 0.3 is 6.09 Å². The normalized spacial score (nSPS) is 22.2. The van der Waals surface area contributed by atoms with Crippen LogP contribution < -0.4 is 4.74 Å². The number of rotatable bonds is 3. The van der Waals surface area contributed by atoms with Crippen molar-refractivity contribution in [3.05, 3.63) is 42.1 Å². The predicted molar refractivity (Wildman–Crippen MR) is 125 cm³/mol. The van der Waals surface area contributed by atoms with Gasteiger partial charge in [0.1, 0.15) is 17.0 Å². The molecular formula is C25H32N2O4S. The molecule has 1 aromatic carbocycles. The zero-order valence-electron chi connectivity index (χ0n) is 19.5. The molecule has 0 bridgehead atoms. The molecule has 1 fully saturated rings. The third-order valence-corrected chi connectivity index (χ3v) is 7.26. The van der Waals surface area contributed by atoms with E-state index >= 15 is 0 Å². The molecule has 7 heteroatoms. The third kappa shape index (κ3) is 4.82. The summed E-state index contributed by atoms with van der Waals surface area (Å²) in [7, 11) is -0.990. The van der Waals surface area contributed by atoms with Crippen LogP contribution in [-0.2, 0) is 22.0 Å². The Kier molecular flexibility index (Phi) is 6.05. The number of carbonyl (C=O) groups excluding carboxylic acids is 1. The maximum atomic E-state index is 12.4. The summed E-state index contributed by atoms with van der Waals surface area (Å²) < 4.78 is 23.6. The Morgan fingerprint density at radius 3 is 2.47 bits per heavy atom. The van der Waals surface area contributed by atoms with Gasteiger partial charge in [0.05, 0.1) is 11.9 Å². The Bertz CT molecular complexity index is 1020. The molecule has 2 atom stereocenters. The number of ether oxygens (including phenoxy) is 2. The molecule has 1 amide bonds. The quantitative estimate of drug-likeness (QED) is 0.662. The Hall–Kier alpha value is -2.41. The zero-order valence-corrected chi connectivity index (χ0v) is 20.3. The first-order valence-electron chi connectivity index (χ1n) is 11.1. The van der Waals surface area contributed by atoms with Crippen LogP contribution in [0.4, 0.5) is 4.79 Å². The minimum Gasteiger partial charge on any atom is -0.485 e. The molecule has 0 N–H and O–H groups in total. The fourth-order valence-corrected chi connectivity index (χ4v) is 5.10. The second-order valence-corrected chi connectivity index (χ2v) is 11.4. The zero-order chi connectivity index (χ0) is 23.1. The third-order valence-electron chi connectivity index (χ3n) is 6.33. The lowest BCUT2D eigenvalue weighted by Gasteiger charge is -2.40. The summed E-state index contributed by atoms with van der Waals surface area (Å²) in [4.78, 5) is 19.6. The summed E-state index contributed by atoms with van der Waals surface area (Å²) >= 11 is 0. The molecule has 0 radical (unpaired) electrons. The number of amides is 1. The van der Waals surface area contributed by atoms with Gasteiger partial charge < -0.3 is 14.4 Å². The minimum absolute atomic E-state index is 0.233. The van der Waals surface area contributed by atoms with Gasteiger partial charge in [-0.2, -0.15) is 0 Å². The van der Waals surface area contributed by atoms with E-state index in [0.29, 0.717) is 19.0 Å². The Morgan fingerprint density at radius 1 is 1.22 bits per heavy atom. The van der Waals surface area contributed by atoms with Gasteiger partial charge in [-0.3, -0.25) is 9.19 Å². The summed E-state index contributed by atoms with van der Waals surface area (Å²) in [5.74, 6) is 1.20. The highest BCUT2D eigenvalue weighted by molar-refractivity contribution is 7.84. The van der Waals surface area contributed by atoms with Crippen LogP contribution in [0.1, 0.15) is 46.1 Å². The number of likely N-dealkylation sites (tertiary alicyclic amines) is 1. The van der Waals surface area contributed by atoms with Crippen molar-refractivity contribution in [3.63, 3.8) is 0 Å². The fraction of sp³-hybridized carbons (Fsp3) is 0.520. The lowest BCUT2D eigenvalue weighted by Crippen LogP contribution is -2.48. The first-order chi connectivity index (χ1) is 15.0. The van der Waals surface area contributed by atoms with E-state index in [4.69, 9.17) is 9.47 Å². The molecule has 1 unspecified atom stereocenters. The highest BCUT2D eigenvalue weighted by Crippen LogP contribution is 2.43. The smallest absolute Gasteiger partial charge is 0.410 e. The van der Waals surface area contributed by atoms with Crippen LogP contribution in [0.25, 0.3) is 11.3 Å².